The molecule has 0 saturated carbocycles. The number of rotatable bonds is 4. The Morgan fingerprint density at radius 3 is 2.33 bits per heavy atom. The number of carbonyl (C=O) groups is 1. The van der Waals surface area contributed by atoms with Crippen molar-refractivity contribution in [3.8, 4) is 0 Å². The first kappa shape index (κ1) is 14.9. The summed E-state index contributed by atoms with van der Waals surface area (Å²) in [5.41, 5.74) is 5.57. The molecule has 1 N–H and O–H groups in total. The molecular weight excluding hydrogens is 262 g/mol. The van der Waals surface area contributed by atoms with Gasteiger partial charge in [0.2, 0.25) is 0 Å². The smallest absolute Gasteiger partial charge is 0.328 e. The Kier molecular flexibility index (Phi) is 4.43. The molecule has 0 fully saturated rings. The standard InChI is InChI=1S/C18H19NO2/c1-13-4-10-17(14(2)12-13)19(3)16-8-5-15(6-9-16)7-11-18(20)21/h4-12H,1-3H3,(H,20,21). The summed E-state index contributed by atoms with van der Waals surface area (Å²) in [6.07, 6.45) is 2.73. The zero-order valence-corrected chi connectivity index (χ0v) is 12.5. The third-order valence-corrected chi connectivity index (χ3v) is 3.41. The number of carboxylic acid groups (broad SMARTS) is 1. The van der Waals surface area contributed by atoms with E-state index in [0.717, 1.165) is 23.0 Å². The summed E-state index contributed by atoms with van der Waals surface area (Å²) in [5, 5.41) is 8.62. The number of nitrogens with zero attached hydrogens (tertiary/aromatic N) is 1. The van der Waals surface area contributed by atoms with Crippen LogP contribution in [-0.4, -0.2) is 18.1 Å². The van der Waals surface area contributed by atoms with Crippen LogP contribution in [-0.2, 0) is 4.79 Å². The molecule has 0 radical (unpaired) electrons. The van der Waals surface area contributed by atoms with Crippen LogP contribution in [0, 0.1) is 13.8 Å². The molecule has 0 heterocycles. The predicted octanol–water partition coefficient (Wildman–Crippen LogP) is 4.17. The summed E-state index contributed by atoms with van der Waals surface area (Å²) in [4.78, 5) is 12.6. The van der Waals surface area contributed by atoms with Crippen molar-refractivity contribution in [2.24, 2.45) is 0 Å². The lowest BCUT2D eigenvalue weighted by molar-refractivity contribution is -0.131. The molecule has 2 aromatic rings. The Morgan fingerprint density at radius 1 is 1.10 bits per heavy atom. The van der Waals surface area contributed by atoms with Crippen LogP contribution in [0.1, 0.15) is 16.7 Å². The van der Waals surface area contributed by atoms with E-state index in [2.05, 4.69) is 36.9 Å². The Balaban J connectivity index is 2.23. The van der Waals surface area contributed by atoms with Gasteiger partial charge in [0.1, 0.15) is 0 Å². The van der Waals surface area contributed by atoms with E-state index in [9.17, 15) is 4.79 Å². The summed E-state index contributed by atoms with van der Waals surface area (Å²) in [6, 6.07) is 14.2. The maximum atomic E-state index is 10.5. The second-order valence-electron chi connectivity index (χ2n) is 5.11. The normalized spacial score (nSPS) is 10.8. The number of hydrogen-bond donors (Lipinski definition) is 1. The minimum absolute atomic E-state index is 0.871. The highest BCUT2D eigenvalue weighted by Crippen LogP contribution is 2.27. The van der Waals surface area contributed by atoms with Crippen LogP contribution in [0.3, 0.4) is 0 Å². The van der Waals surface area contributed by atoms with Gasteiger partial charge in [0.25, 0.3) is 0 Å². The molecular formula is C18H19NO2. The van der Waals surface area contributed by atoms with Crippen LogP contribution >= 0.6 is 0 Å². The monoisotopic (exact) mass is 281 g/mol. The van der Waals surface area contributed by atoms with Crippen molar-refractivity contribution >= 4 is 23.4 Å². The minimum atomic E-state index is -0.938. The van der Waals surface area contributed by atoms with E-state index in [0.29, 0.717) is 0 Å². The van der Waals surface area contributed by atoms with Crippen molar-refractivity contribution in [1.29, 1.82) is 0 Å². The largest absolute Gasteiger partial charge is 0.478 e. The quantitative estimate of drug-likeness (QED) is 0.855. The van der Waals surface area contributed by atoms with Crippen molar-refractivity contribution in [3.63, 3.8) is 0 Å². The van der Waals surface area contributed by atoms with Crippen LogP contribution < -0.4 is 4.90 Å². The minimum Gasteiger partial charge on any atom is -0.478 e. The molecule has 0 atom stereocenters. The van der Waals surface area contributed by atoms with Gasteiger partial charge in [0, 0.05) is 24.5 Å². The summed E-state index contributed by atoms with van der Waals surface area (Å²) >= 11 is 0. The fraction of sp³-hybridized carbons (Fsp3) is 0.167. The molecule has 2 aromatic carbocycles. The Morgan fingerprint density at radius 2 is 1.76 bits per heavy atom. The van der Waals surface area contributed by atoms with E-state index in [1.165, 1.54) is 11.1 Å². The van der Waals surface area contributed by atoms with Gasteiger partial charge in [-0.3, -0.25) is 0 Å². The highest BCUT2D eigenvalue weighted by Gasteiger charge is 2.06. The molecule has 21 heavy (non-hydrogen) atoms. The van der Waals surface area contributed by atoms with E-state index in [1.807, 2.05) is 31.3 Å². The van der Waals surface area contributed by atoms with Crippen LogP contribution in [0.25, 0.3) is 6.08 Å². The summed E-state index contributed by atoms with van der Waals surface area (Å²) in [5.74, 6) is -0.938. The molecule has 0 aromatic heterocycles. The van der Waals surface area contributed by atoms with Gasteiger partial charge in [-0.15, -0.1) is 0 Å². The van der Waals surface area contributed by atoms with Crippen molar-refractivity contribution in [2.75, 3.05) is 11.9 Å². The average Bonchev–Trinajstić information content (AvgIpc) is 2.45. The van der Waals surface area contributed by atoms with E-state index in [-0.39, 0.29) is 0 Å². The molecule has 0 unspecified atom stereocenters. The second kappa shape index (κ2) is 6.27. The van der Waals surface area contributed by atoms with Crippen molar-refractivity contribution in [1.82, 2.24) is 0 Å². The highest BCUT2D eigenvalue weighted by molar-refractivity contribution is 5.85. The SMILES string of the molecule is Cc1ccc(N(C)c2ccc(C=CC(=O)O)cc2)c(C)c1. The van der Waals surface area contributed by atoms with E-state index in [4.69, 9.17) is 5.11 Å². The van der Waals surface area contributed by atoms with Crippen LogP contribution in [0.4, 0.5) is 11.4 Å². The first-order chi connectivity index (χ1) is 9.97. The maximum Gasteiger partial charge on any atom is 0.328 e. The van der Waals surface area contributed by atoms with Crippen molar-refractivity contribution < 1.29 is 9.90 Å². The Labute approximate surface area is 125 Å². The molecule has 0 aliphatic heterocycles. The number of benzene rings is 2. The van der Waals surface area contributed by atoms with Crippen LogP contribution in [0.5, 0.6) is 0 Å². The van der Waals surface area contributed by atoms with Gasteiger partial charge >= 0.3 is 5.97 Å². The summed E-state index contributed by atoms with van der Waals surface area (Å²) in [6.45, 7) is 4.18. The maximum absolute atomic E-state index is 10.5. The number of hydrogen-bond acceptors (Lipinski definition) is 2. The number of aryl methyl sites for hydroxylation is 2. The Bertz CT molecular complexity index is 672. The lowest BCUT2D eigenvalue weighted by atomic mass is 10.1. The van der Waals surface area contributed by atoms with E-state index < -0.39 is 5.97 Å². The van der Waals surface area contributed by atoms with Crippen LogP contribution in [0.2, 0.25) is 0 Å². The summed E-state index contributed by atoms with van der Waals surface area (Å²) in [7, 11) is 2.03. The first-order valence-electron chi connectivity index (χ1n) is 6.79. The van der Waals surface area contributed by atoms with Gasteiger partial charge in [-0.1, -0.05) is 29.8 Å². The predicted molar refractivity (Wildman–Crippen MR) is 87.1 cm³/mol. The van der Waals surface area contributed by atoms with Crippen molar-refractivity contribution in [2.45, 2.75) is 13.8 Å². The molecule has 0 aliphatic rings. The molecule has 2 rings (SSSR count). The highest BCUT2D eigenvalue weighted by atomic mass is 16.4. The second-order valence-corrected chi connectivity index (χ2v) is 5.11. The van der Waals surface area contributed by atoms with Crippen molar-refractivity contribution in [3.05, 3.63) is 65.2 Å². The number of carboxylic acids is 1. The lowest BCUT2D eigenvalue weighted by Gasteiger charge is -2.22. The lowest BCUT2D eigenvalue weighted by Crippen LogP contribution is -2.10. The van der Waals surface area contributed by atoms with E-state index >= 15 is 0 Å². The molecule has 0 amide bonds. The van der Waals surface area contributed by atoms with Gasteiger partial charge in [0.15, 0.2) is 0 Å². The molecule has 3 heteroatoms. The Hall–Kier alpha value is -2.55. The zero-order valence-electron chi connectivity index (χ0n) is 12.5. The van der Waals surface area contributed by atoms with Gasteiger partial charge < -0.3 is 10.0 Å². The third-order valence-electron chi connectivity index (χ3n) is 3.41. The topological polar surface area (TPSA) is 40.5 Å². The molecule has 0 saturated heterocycles. The fourth-order valence-electron chi connectivity index (χ4n) is 2.30. The number of anilines is 2. The molecule has 0 bridgehead atoms. The number of aliphatic carboxylic acids is 1. The molecule has 3 nitrogen and oxygen atoms in total. The van der Waals surface area contributed by atoms with Gasteiger partial charge in [-0.2, -0.15) is 0 Å². The molecule has 108 valence electrons. The first-order valence-corrected chi connectivity index (χ1v) is 6.79. The summed E-state index contributed by atoms with van der Waals surface area (Å²) < 4.78 is 0. The fourth-order valence-corrected chi connectivity index (χ4v) is 2.30. The third kappa shape index (κ3) is 3.72. The average molecular weight is 281 g/mol. The molecule has 0 aliphatic carbocycles. The zero-order chi connectivity index (χ0) is 15.4. The molecule has 0 spiro atoms. The van der Waals surface area contributed by atoms with Gasteiger partial charge in [-0.05, 0) is 49.2 Å². The van der Waals surface area contributed by atoms with Crippen LogP contribution in [0.15, 0.2) is 48.5 Å². The van der Waals surface area contributed by atoms with E-state index in [1.54, 1.807) is 6.08 Å². The van der Waals surface area contributed by atoms with Gasteiger partial charge in [-0.25, -0.2) is 4.79 Å². The van der Waals surface area contributed by atoms with Gasteiger partial charge in [0.05, 0.1) is 0 Å².